The van der Waals surface area contributed by atoms with Crippen molar-refractivity contribution in [3.63, 3.8) is 0 Å². The van der Waals surface area contributed by atoms with E-state index in [4.69, 9.17) is 11.6 Å². The minimum absolute atomic E-state index is 0.706. The average molecular weight is 235 g/mol. The second-order valence-electron chi connectivity index (χ2n) is 3.81. The number of nitrogens with zero attached hydrogens (tertiary/aromatic N) is 3. The Labute approximate surface area is 98.2 Å². The Balaban J connectivity index is 2.09. The Hall–Kier alpha value is -1.55. The predicted molar refractivity (Wildman–Crippen MR) is 63.2 cm³/mol. The summed E-state index contributed by atoms with van der Waals surface area (Å²) < 4.78 is 1.81. The molecule has 0 atom stereocenters. The van der Waals surface area contributed by atoms with Gasteiger partial charge in [0.2, 0.25) is 0 Å². The first-order chi connectivity index (χ1) is 7.84. The number of halogens is 1. The predicted octanol–water partition coefficient (Wildman–Crippen LogP) is 2.28. The number of hydrogen-bond acceptors (Lipinski definition) is 3. The highest BCUT2D eigenvalue weighted by Gasteiger charge is 2.17. The second kappa shape index (κ2) is 3.79. The van der Waals surface area contributed by atoms with Gasteiger partial charge in [0.05, 0.1) is 5.69 Å². The number of anilines is 1. The standard InChI is InChI=1S/C11H11ClN4/c12-8-3-1-4-9(7-8)16-11-10(14-15-16)5-2-6-13-11/h1,3-4,7,13H,2,5-6H2. The molecule has 0 bridgehead atoms. The SMILES string of the molecule is Clc1cccc(-n2nnc3c2NCCC3)c1. The molecular weight excluding hydrogens is 224 g/mol. The minimum atomic E-state index is 0.706. The molecule has 1 aromatic carbocycles. The van der Waals surface area contributed by atoms with Gasteiger partial charge >= 0.3 is 0 Å². The number of aromatic nitrogens is 3. The summed E-state index contributed by atoms with van der Waals surface area (Å²) in [6.07, 6.45) is 2.10. The van der Waals surface area contributed by atoms with E-state index in [0.717, 1.165) is 36.6 Å². The molecule has 0 saturated carbocycles. The van der Waals surface area contributed by atoms with E-state index in [-0.39, 0.29) is 0 Å². The van der Waals surface area contributed by atoms with Gasteiger partial charge in [-0.1, -0.05) is 22.9 Å². The molecule has 1 aliphatic rings. The van der Waals surface area contributed by atoms with Gasteiger partial charge in [-0.25, -0.2) is 0 Å². The molecule has 2 aromatic rings. The number of hydrogen-bond donors (Lipinski definition) is 1. The highest BCUT2D eigenvalue weighted by molar-refractivity contribution is 6.30. The van der Waals surface area contributed by atoms with Gasteiger partial charge in [0, 0.05) is 11.6 Å². The van der Waals surface area contributed by atoms with Crippen molar-refractivity contribution in [3.8, 4) is 5.69 Å². The largest absolute Gasteiger partial charge is 0.368 e. The first-order valence-electron chi connectivity index (χ1n) is 5.29. The molecule has 0 unspecified atom stereocenters. The fourth-order valence-electron chi connectivity index (χ4n) is 1.91. The molecule has 0 fully saturated rings. The van der Waals surface area contributed by atoms with Crippen LogP contribution in [0.2, 0.25) is 5.02 Å². The van der Waals surface area contributed by atoms with Gasteiger partial charge in [0.25, 0.3) is 0 Å². The van der Waals surface area contributed by atoms with Crippen LogP contribution in [0.15, 0.2) is 24.3 Å². The van der Waals surface area contributed by atoms with Crippen molar-refractivity contribution in [2.75, 3.05) is 11.9 Å². The van der Waals surface area contributed by atoms with Gasteiger partial charge in [-0.2, -0.15) is 4.68 Å². The molecule has 82 valence electrons. The summed E-state index contributed by atoms with van der Waals surface area (Å²) in [5.74, 6) is 0.994. The molecule has 16 heavy (non-hydrogen) atoms. The molecule has 1 aliphatic heterocycles. The first-order valence-corrected chi connectivity index (χ1v) is 5.67. The maximum atomic E-state index is 5.96. The number of aryl methyl sites for hydroxylation is 1. The van der Waals surface area contributed by atoms with Gasteiger partial charge in [-0.3, -0.25) is 0 Å². The fourth-order valence-corrected chi connectivity index (χ4v) is 2.09. The molecule has 0 aliphatic carbocycles. The molecule has 0 saturated heterocycles. The summed E-state index contributed by atoms with van der Waals surface area (Å²) in [5.41, 5.74) is 1.97. The van der Waals surface area contributed by atoms with Crippen LogP contribution < -0.4 is 5.32 Å². The Morgan fingerprint density at radius 3 is 3.19 bits per heavy atom. The maximum Gasteiger partial charge on any atom is 0.153 e. The van der Waals surface area contributed by atoms with Crippen LogP contribution in [-0.2, 0) is 6.42 Å². The van der Waals surface area contributed by atoms with E-state index in [1.54, 1.807) is 4.68 Å². The minimum Gasteiger partial charge on any atom is -0.368 e. The fraction of sp³-hybridized carbons (Fsp3) is 0.273. The number of rotatable bonds is 1. The van der Waals surface area contributed by atoms with Crippen molar-refractivity contribution >= 4 is 17.4 Å². The van der Waals surface area contributed by atoms with E-state index in [1.165, 1.54) is 0 Å². The molecule has 4 nitrogen and oxygen atoms in total. The van der Waals surface area contributed by atoms with Crippen LogP contribution >= 0.6 is 11.6 Å². The van der Waals surface area contributed by atoms with Gasteiger partial charge < -0.3 is 5.32 Å². The second-order valence-corrected chi connectivity index (χ2v) is 4.24. The zero-order valence-corrected chi connectivity index (χ0v) is 9.41. The highest BCUT2D eigenvalue weighted by Crippen LogP contribution is 2.23. The molecule has 0 amide bonds. The highest BCUT2D eigenvalue weighted by atomic mass is 35.5. The van der Waals surface area contributed by atoms with E-state index in [1.807, 2.05) is 24.3 Å². The van der Waals surface area contributed by atoms with Crippen molar-refractivity contribution in [1.82, 2.24) is 15.0 Å². The van der Waals surface area contributed by atoms with E-state index in [0.29, 0.717) is 5.02 Å². The van der Waals surface area contributed by atoms with Crippen LogP contribution in [0.3, 0.4) is 0 Å². The summed E-state index contributed by atoms with van der Waals surface area (Å²) in [5, 5.41) is 12.4. The Bertz CT molecular complexity index is 520. The molecule has 2 heterocycles. The topological polar surface area (TPSA) is 42.7 Å². The molecule has 1 aromatic heterocycles. The molecule has 5 heteroatoms. The lowest BCUT2D eigenvalue weighted by molar-refractivity contribution is 0.799. The quantitative estimate of drug-likeness (QED) is 0.823. The summed E-state index contributed by atoms with van der Waals surface area (Å²) >= 11 is 5.96. The van der Waals surface area contributed by atoms with E-state index in [9.17, 15) is 0 Å². The van der Waals surface area contributed by atoms with Crippen LogP contribution in [0.5, 0.6) is 0 Å². The van der Waals surface area contributed by atoms with E-state index in [2.05, 4.69) is 15.6 Å². The van der Waals surface area contributed by atoms with E-state index >= 15 is 0 Å². The van der Waals surface area contributed by atoms with E-state index < -0.39 is 0 Å². The Morgan fingerprint density at radius 1 is 1.38 bits per heavy atom. The van der Waals surface area contributed by atoms with Gasteiger partial charge in [-0.05, 0) is 31.0 Å². The molecule has 0 spiro atoms. The third-order valence-corrected chi connectivity index (χ3v) is 2.91. The number of fused-ring (bicyclic) bond motifs is 1. The Morgan fingerprint density at radius 2 is 2.31 bits per heavy atom. The van der Waals surface area contributed by atoms with Crippen LogP contribution in [0, 0.1) is 0 Å². The lowest BCUT2D eigenvalue weighted by Gasteiger charge is -2.14. The van der Waals surface area contributed by atoms with Crippen molar-refractivity contribution in [1.29, 1.82) is 0 Å². The summed E-state index contributed by atoms with van der Waals surface area (Å²) in [6.45, 7) is 0.973. The number of nitrogens with one attached hydrogen (secondary N) is 1. The normalized spacial score (nSPS) is 14.3. The Kier molecular flexibility index (Phi) is 2.29. The van der Waals surface area contributed by atoms with Crippen LogP contribution in [0.1, 0.15) is 12.1 Å². The van der Waals surface area contributed by atoms with Crippen LogP contribution in [-0.4, -0.2) is 21.5 Å². The van der Waals surface area contributed by atoms with Gasteiger partial charge in [0.15, 0.2) is 5.82 Å². The van der Waals surface area contributed by atoms with Crippen molar-refractivity contribution < 1.29 is 0 Å². The van der Waals surface area contributed by atoms with Crippen LogP contribution in [0.4, 0.5) is 5.82 Å². The monoisotopic (exact) mass is 234 g/mol. The lowest BCUT2D eigenvalue weighted by Crippen LogP contribution is -2.14. The smallest absolute Gasteiger partial charge is 0.153 e. The summed E-state index contributed by atoms with van der Waals surface area (Å²) in [4.78, 5) is 0. The zero-order valence-electron chi connectivity index (χ0n) is 8.65. The number of benzene rings is 1. The van der Waals surface area contributed by atoms with Gasteiger partial charge in [-0.15, -0.1) is 5.10 Å². The average Bonchev–Trinajstić information content (AvgIpc) is 2.72. The lowest BCUT2D eigenvalue weighted by atomic mass is 10.2. The molecule has 1 N–H and O–H groups in total. The maximum absolute atomic E-state index is 5.96. The summed E-state index contributed by atoms with van der Waals surface area (Å²) in [6, 6.07) is 7.61. The van der Waals surface area contributed by atoms with Crippen molar-refractivity contribution in [3.05, 3.63) is 35.0 Å². The van der Waals surface area contributed by atoms with Gasteiger partial charge in [0.1, 0.15) is 5.69 Å². The first kappa shape index (κ1) is 9.66. The molecular formula is C11H11ClN4. The zero-order chi connectivity index (χ0) is 11.0. The molecule has 3 rings (SSSR count). The molecule has 0 radical (unpaired) electrons. The third kappa shape index (κ3) is 1.55. The van der Waals surface area contributed by atoms with Crippen molar-refractivity contribution in [2.24, 2.45) is 0 Å². The summed E-state index contributed by atoms with van der Waals surface area (Å²) in [7, 11) is 0. The third-order valence-electron chi connectivity index (χ3n) is 2.68. The van der Waals surface area contributed by atoms with Crippen LogP contribution in [0.25, 0.3) is 5.69 Å². The van der Waals surface area contributed by atoms with Crippen molar-refractivity contribution in [2.45, 2.75) is 12.8 Å².